The van der Waals surface area contributed by atoms with E-state index >= 15 is 0 Å². The lowest BCUT2D eigenvalue weighted by molar-refractivity contribution is 0.508. The molecule has 23 heavy (non-hydrogen) atoms. The highest BCUT2D eigenvalue weighted by atomic mass is 79.9. The monoisotopic (exact) mass is 392 g/mol. The zero-order valence-electron chi connectivity index (χ0n) is 12.0. The van der Waals surface area contributed by atoms with Crippen LogP contribution in [0.25, 0.3) is 0 Å². The molecule has 0 bridgehead atoms. The van der Waals surface area contributed by atoms with Crippen molar-refractivity contribution in [1.82, 2.24) is 4.98 Å². The number of sulfonamides is 1. The van der Waals surface area contributed by atoms with Crippen molar-refractivity contribution in [3.63, 3.8) is 0 Å². The van der Waals surface area contributed by atoms with E-state index in [-0.39, 0.29) is 11.4 Å². The summed E-state index contributed by atoms with van der Waals surface area (Å²) >= 11 is 3.30. The number of aromatic nitrogens is 1. The van der Waals surface area contributed by atoms with Gasteiger partial charge in [-0.1, -0.05) is 18.2 Å². The highest BCUT2D eigenvalue weighted by Crippen LogP contribution is 2.28. The van der Waals surface area contributed by atoms with Crippen LogP contribution in [0.4, 0.5) is 5.82 Å². The summed E-state index contributed by atoms with van der Waals surface area (Å²) in [6.45, 7) is 0.0632. The number of pyridine rings is 1. The van der Waals surface area contributed by atoms with E-state index in [1.54, 1.807) is 60.8 Å². The predicted molar refractivity (Wildman–Crippen MR) is 90.5 cm³/mol. The van der Waals surface area contributed by atoms with Gasteiger partial charge in [-0.05, 0) is 52.3 Å². The van der Waals surface area contributed by atoms with Gasteiger partial charge in [0.2, 0.25) is 0 Å². The first-order chi connectivity index (χ1) is 11.1. The third kappa shape index (κ3) is 3.30. The summed E-state index contributed by atoms with van der Waals surface area (Å²) in [6, 6.07) is 15.3. The number of rotatable bonds is 5. The molecule has 1 aromatic carbocycles. The number of halogens is 1. The lowest BCUT2D eigenvalue weighted by Crippen LogP contribution is -2.31. The third-order valence-corrected chi connectivity index (χ3v) is 5.95. The first-order valence-electron chi connectivity index (χ1n) is 6.80. The number of nitrogens with zero attached hydrogens (tertiary/aromatic N) is 2. The van der Waals surface area contributed by atoms with E-state index in [1.165, 1.54) is 10.6 Å². The Morgan fingerprint density at radius 3 is 2.48 bits per heavy atom. The Labute approximate surface area is 142 Å². The second-order valence-electron chi connectivity index (χ2n) is 4.71. The average Bonchev–Trinajstić information content (AvgIpc) is 3.07. The standard InChI is InChI=1S/C16H13BrN2O3S/c17-14-7-1-2-8-15(14)23(20,21)19(12-13-6-5-11-22-13)16-9-3-4-10-18-16/h1-11H,12H2. The van der Waals surface area contributed by atoms with Crippen LogP contribution in [-0.4, -0.2) is 13.4 Å². The van der Waals surface area contributed by atoms with Crippen molar-refractivity contribution in [3.8, 4) is 0 Å². The normalized spacial score (nSPS) is 11.3. The largest absolute Gasteiger partial charge is 0.467 e. The van der Waals surface area contributed by atoms with Gasteiger partial charge in [-0.2, -0.15) is 0 Å². The summed E-state index contributed by atoms with van der Waals surface area (Å²) in [5.41, 5.74) is 0. The second-order valence-corrected chi connectivity index (χ2v) is 7.39. The van der Waals surface area contributed by atoms with Gasteiger partial charge in [0.1, 0.15) is 16.5 Å². The molecule has 5 nitrogen and oxygen atoms in total. The highest BCUT2D eigenvalue weighted by molar-refractivity contribution is 9.10. The number of benzene rings is 1. The lowest BCUT2D eigenvalue weighted by Gasteiger charge is -2.23. The number of furan rings is 1. The van der Waals surface area contributed by atoms with Crippen LogP contribution < -0.4 is 4.31 Å². The molecule has 2 aromatic heterocycles. The zero-order chi connectivity index (χ0) is 16.3. The van der Waals surface area contributed by atoms with Crippen molar-refractivity contribution in [2.45, 2.75) is 11.4 Å². The molecule has 0 aliphatic carbocycles. The van der Waals surface area contributed by atoms with E-state index in [9.17, 15) is 8.42 Å². The fraction of sp³-hybridized carbons (Fsp3) is 0.0625. The molecule has 0 atom stereocenters. The molecule has 0 amide bonds. The van der Waals surface area contributed by atoms with Crippen LogP contribution in [0.2, 0.25) is 0 Å². The fourth-order valence-electron chi connectivity index (χ4n) is 2.11. The van der Waals surface area contributed by atoms with E-state index in [0.717, 1.165) is 0 Å². The summed E-state index contributed by atoms with van der Waals surface area (Å²) in [4.78, 5) is 4.35. The Kier molecular flexibility index (Phi) is 4.49. The Bertz CT molecular complexity index is 881. The van der Waals surface area contributed by atoms with Crippen LogP contribution in [0.15, 0.2) is 80.8 Å². The predicted octanol–water partition coefficient (Wildman–Crippen LogP) is 3.83. The summed E-state index contributed by atoms with van der Waals surface area (Å²) < 4.78 is 33.2. The molecule has 0 aliphatic heterocycles. The third-order valence-electron chi connectivity index (χ3n) is 3.19. The topological polar surface area (TPSA) is 63.4 Å². The van der Waals surface area contributed by atoms with Gasteiger partial charge >= 0.3 is 0 Å². The molecule has 7 heteroatoms. The average molecular weight is 393 g/mol. The second kappa shape index (κ2) is 6.55. The SMILES string of the molecule is O=S(=O)(c1ccccc1Br)N(Cc1ccco1)c1ccccn1. The molecular weight excluding hydrogens is 380 g/mol. The zero-order valence-corrected chi connectivity index (χ0v) is 14.4. The molecule has 118 valence electrons. The van der Waals surface area contributed by atoms with Gasteiger partial charge < -0.3 is 4.42 Å². The van der Waals surface area contributed by atoms with Crippen LogP contribution in [0.5, 0.6) is 0 Å². The quantitative estimate of drug-likeness (QED) is 0.661. The molecule has 3 rings (SSSR count). The van der Waals surface area contributed by atoms with E-state index in [2.05, 4.69) is 20.9 Å². The Morgan fingerprint density at radius 2 is 1.83 bits per heavy atom. The Hall–Kier alpha value is -2.12. The Balaban J connectivity index is 2.09. The van der Waals surface area contributed by atoms with Gasteiger partial charge in [0.15, 0.2) is 0 Å². The van der Waals surface area contributed by atoms with Gasteiger partial charge in [0.05, 0.1) is 12.8 Å². The summed E-state index contributed by atoms with van der Waals surface area (Å²) in [7, 11) is -3.80. The molecule has 0 aliphatic rings. The van der Waals surface area contributed by atoms with Crippen LogP contribution >= 0.6 is 15.9 Å². The van der Waals surface area contributed by atoms with Crippen LogP contribution in [0, 0.1) is 0 Å². The highest BCUT2D eigenvalue weighted by Gasteiger charge is 2.28. The lowest BCUT2D eigenvalue weighted by atomic mass is 10.4. The molecule has 0 fully saturated rings. The van der Waals surface area contributed by atoms with E-state index in [4.69, 9.17) is 4.42 Å². The van der Waals surface area contributed by atoms with Gasteiger partial charge in [0.25, 0.3) is 10.0 Å². The molecule has 0 spiro atoms. The van der Waals surface area contributed by atoms with Crippen molar-refractivity contribution >= 4 is 31.8 Å². The molecule has 0 unspecified atom stereocenters. The van der Waals surface area contributed by atoms with E-state index in [1.807, 2.05) is 0 Å². The van der Waals surface area contributed by atoms with Gasteiger partial charge in [-0.25, -0.2) is 17.7 Å². The molecule has 0 saturated carbocycles. The minimum Gasteiger partial charge on any atom is -0.467 e. The van der Waals surface area contributed by atoms with Gasteiger partial charge in [-0.3, -0.25) is 0 Å². The fourth-order valence-corrected chi connectivity index (χ4v) is 4.46. The minimum atomic E-state index is -3.80. The maximum Gasteiger partial charge on any atom is 0.267 e. The first kappa shape index (κ1) is 15.8. The van der Waals surface area contributed by atoms with Crippen molar-refractivity contribution < 1.29 is 12.8 Å². The molecule has 3 aromatic rings. The van der Waals surface area contributed by atoms with Crippen LogP contribution in [-0.2, 0) is 16.6 Å². The summed E-state index contributed by atoms with van der Waals surface area (Å²) in [5.74, 6) is 0.867. The first-order valence-corrected chi connectivity index (χ1v) is 9.03. The number of hydrogen-bond acceptors (Lipinski definition) is 4. The van der Waals surface area contributed by atoms with Gasteiger partial charge in [-0.15, -0.1) is 0 Å². The van der Waals surface area contributed by atoms with Crippen LogP contribution in [0.3, 0.4) is 0 Å². The van der Waals surface area contributed by atoms with Crippen molar-refractivity contribution in [2.24, 2.45) is 0 Å². The maximum atomic E-state index is 13.1. The van der Waals surface area contributed by atoms with Crippen molar-refractivity contribution in [2.75, 3.05) is 4.31 Å². The van der Waals surface area contributed by atoms with Crippen molar-refractivity contribution in [3.05, 3.63) is 77.3 Å². The molecule has 2 heterocycles. The smallest absolute Gasteiger partial charge is 0.267 e. The van der Waals surface area contributed by atoms with Crippen LogP contribution in [0.1, 0.15) is 5.76 Å². The van der Waals surface area contributed by atoms with Gasteiger partial charge in [0, 0.05) is 10.7 Å². The minimum absolute atomic E-state index is 0.0632. The Morgan fingerprint density at radius 1 is 1.04 bits per heavy atom. The van der Waals surface area contributed by atoms with E-state index < -0.39 is 10.0 Å². The molecule has 0 N–H and O–H groups in total. The maximum absolute atomic E-state index is 13.1. The van der Waals surface area contributed by atoms with Crippen molar-refractivity contribution in [1.29, 1.82) is 0 Å². The summed E-state index contributed by atoms with van der Waals surface area (Å²) in [6.07, 6.45) is 3.07. The number of anilines is 1. The van der Waals surface area contributed by atoms with E-state index in [0.29, 0.717) is 16.1 Å². The summed E-state index contributed by atoms with van der Waals surface area (Å²) in [5, 5.41) is 0. The molecule has 0 radical (unpaired) electrons. The molecule has 0 saturated heterocycles. The molecular formula is C16H13BrN2O3S. The number of hydrogen-bond donors (Lipinski definition) is 0.